The third-order valence-corrected chi connectivity index (χ3v) is 4.02. The van der Waals surface area contributed by atoms with Gasteiger partial charge in [-0.2, -0.15) is 5.10 Å². The van der Waals surface area contributed by atoms with E-state index in [1.54, 1.807) is 7.05 Å². The number of aromatic nitrogens is 6. The minimum Gasteiger partial charge on any atom is -0.404 e. The highest BCUT2D eigenvalue weighted by Crippen LogP contribution is 2.38. The number of ether oxygens (including phenoxy) is 1. The van der Waals surface area contributed by atoms with Gasteiger partial charge in [0.2, 0.25) is 5.95 Å². The van der Waals surface area contributed by atoms with Crippen molar-refractivity contribution in [1.82, 2.24) is 30.0 Å². The topological polar surface area (TPSA) is 129 Å². The van der Waals surface area contributed by atoms with Crippen molar-refractivity contribution in [2.75, 3.05) is 10.6 Å². The maximum absolute atomic E-state index is 12.8. The van der Waals surface area contributed by atoms with Crippen LogP contribution < -0.4 is 15.4 Å². The van der Waals surface area contributed by atoms with Crippen LogP contribution in [0.4, 0.5) is 24.8 Å². The fourth-order valence-corrected chi connectivity index (χ4v) is 2.58. The summed E-state index contributed by atoms with van der Waals surface area (Å²) in [5.41, 5.74) is -0.756. The Morgan fingerprint density at radius 3 is 2.47 bits per heavy atom. The number of halogens is 4. The second-order valence-corrected chi connectivity index (χ2v) is 6.16. The number of anilines is 2. The zero-order valence-electron chi connectivity index (χ0n) is 15.2. The smallest absolute Gasteiger partial charge is 0.404 e. The second kappa shape index (κ2) is 7.98. The molecule has 15 heteroatoms. The van der Waals surface area contributed by atoms with Crippen molar-refractivity contribution in [3.05, 3.63) is 40.7 Å². The molecule has 30 heavy (non-hydrogen) atoms. The Morgan fingerprint density at radius 1 is 1.17 bits per heavy atom. The normalized spacial score (nSPS) is 11.3. The number of carbonyl (C=O) groups excluding carboxylic acids is 2. The molecule has 0 saturated heterocycles. The van der Waals surface area contributed by atoms with Crippen LogP contribution in [0, 0.1) is 0 Å². The van der Waals surface area contributed by atoms with Gasteiger partial charge in [-0.05, 0) is 22.6 Å². The maximum Gasteiger partial charge on any atom is 0.573 e. The number of hydrogen-bond acceptors (Lipinski definition) is 7. The van der Waals surface area contributed by atoms with Gasteiger partial charge in [0.25, 0.3) is 11.8 Å². The Kier molecular flexibility index (Phi) is 5.60. The number of nitrogens with one attached hydrogen (secondary N) is 2. The van der Waals surface area contributed by atoms with Crippen LogP contribution in [0.15, 0.2) is 24.5 Å². The summed E-state index contributed by atoms with van der Waals surface area (Å²) < 4.78 is 44.7. The zero-order valence-corrected chi connectivity index (χ0v) is 16.0. The molecule has 0 aliphatic carbocycles. The van der Waals surface area contributed by atoms with Gasteiger partial charge in [0.15, 0.2) is 5.75 Å². The van der Waals surface area contributed by atoms with E-state index in [4.69, 9.17) is 11.6 Å². The lowest BCUT2D eigenvalue weighted by molar-refractivity contribution is -0.274. The Balaban J connectivity index is 1.97. The number of hydrogen-bond donors (Lipinski definition) is 2. The lowest BCUT2D eigenvalue weighted by Crippen LogP contribution is -2.21. The van der Waals surface area contributed by atoms with Gasteiger partial charge >= 0.3 is 6.36 Å². The highest BCUT2D eigenvalue weighted by Gasteiger charge is 2.34. The van der Waals surface area contributed by atoms with Gasteiger partial charge < -0.3 is 10.1 Å². The summed E-state index contributed by atoms with van der Waals surface area (Å²) in [6, 6.07) is 1.85. The first-order valence-electron chi connectivity index (χ1n) is 7.97. The molecule has 0 bridgehead atoms. The number of tetrazole rings is 1. The molecule has 158 valence electrons. The summed E-state index contributed by atoms with van der Waals surface area (Å²) in [5, 5.41) is 18.3. The van der Waals surface area contributed by atoms with Crippen LogP contribution in [0.3, 0.4) is 0 Å². The third-order valence-electron chi connectivity index (χ3n) is 3.63. The Labute approximate surface area is 170 Å². The molecule has 0 unspecified atom stereocenters. The molecule has 3 rings (SSSR count). The van der Waals surface area contributed by atoms with E-state index in [0.717, 1.165) is 16.8 Å². The monoisotopic (exact) mass is 444 g/mol. The minimum atomic E-state index is -5.06. The number of aryl methyl sites for hydroxylation is 2. The standard InChI is InChI=1S/C15H12ClF3N8O3/c1-26-6-7(5-20-26)12(28)21-11-9(30-15(17,18)19)4-3-8(10(11)16)13(29)22-14-23-24-25-27(14)2/h3-6H,1-2H3,(H,21,28)(H,22,23,25,29). The molecule has 0 radical (unpaired) electrons. The van der Waals surface area contributed by atoms with E-state index in [1.807, 2.05) is 0 Å². The first-order valence-corrected chi connectivity index (χ1v) is 8.35. The summed E-state index contributed by atoms with van der Waals surface area (Å²) >= 11 is 6.15. The Hall–Kier alpha value is -3.68. The van der Waals surface area contributed by atoms with Crippen molar-refractivity contribution in [1.29, 1.82) is 0 Å². The predicted octanol–water partition coefficient (Wildman–Crippen LogP) is 2.00. The van der Waals surface area contributed by atoms with Crippen LogP contribution >= 0.6 is 11.6 Å². The average molecular weight is 445 g/mol. The Bertz CT molecular complexity index is 1110. The van der Waals surface area contributed by atoms with E-state index in [2.05, 4.69) is 36.0 Å². The zero-order chi connectivity index (χ0) is 22.1. The van der Waals surface area contributed by atoms with Gasteiger partial charge in [0, 0.05) is 20.3 Å². The molecule has 0 aliphatic rings. The second-order valence-electron chi connectivity index (χ2n) is 5.79. The van der Waals surface area contributed by atoms with Crippen molar-refractivity contribution in [3.63, 3.8) is 0 Å². The SMILES string of the molecule is Cn1cc(C(=O)Nc2c(OC(F)(F)F)ccc(C(=O)Nc3nnnn3C)c2Cl)cn1. The molecule has 0 atom stereocenters. The van der Waals surface area contributed by atoms with Crippen LogP contribution in [-0.2, 0) is 14.1 Å². The van der Waals surface area contributed by atoms with E-state index in [-0.39, 0.29) is 17.1 Å². The lowest BCUT2D eigenvalue weighted by Gasteiger charge is -2.17. The molecule has 3 aromatic rings. The molecule has 2 heterocycles. The van der Waals surface area contributed by atoms with Crippen LogP contribution in [0.1, 0.15) is 20.7 Å². The number of nitrogens with zero attached hydrogens (tertiary/aromatic N) is 6. The van der Waals surface area contributed by atoms with Gasteiger partial charge in [-0.1, -0.05) is 16.7 Å². The van der Waals surface area contributed by atoms with Crippen LogP contribution in [0.25, 0.3) is 0 Å². The molecule has 2 aromatic heterocycles. The molecule has 11 nitrogen and oxygen atoms in total. The van der Waals surface area contributed by atoms with Gasteiger partial charge in [-0.25, -0.2) is 4.68 Å². The molecular formula is C15H12ClF3N8O3. The molecule has 2 N–H and O–H groups in total. The van der Waals surface area contributed by atoms with Crippen LogP contribution in [0.2, 0.25) is 5.02 Å². The number of rotatable bonds is 5. The highest BCUT2D eigenvalue weighted by molar-refractivity contribution is 6.38. The summed E-state index contributed by atoms with van der Waals surface area (Å²) in [4.78, 5) is 24.9. The van der Waals surface area contributed by atoms with Crippen molar-refractivity contribution in [2.24, 2.45) is 14.1 Å². The molecule has 1 aromatic carbocycles. The minimum absolute atomic E-state index is 0.0346. The fraction of sp³-hybridized carbons (Fsp3) is 0.200. The third kappa shape index (κ3) is 4.65. The molecule has 2 amide bonds. The molecule has 0 spiro atoms. The van der Waals surface area contributed by atoms with E-state index in [0.29, 0.717) is 0 Å². The van der Waals surface area contributed by atoms with E-state index >= 15 is 0 Å². The fourth-order valence-electron chi connectivity index (χ4n) is 2.29. The van der Waals surface area contributed by atoms with Crippen LogP contribution in [0.5, 0.6) is 5.75 Å². The van der Waals surface area contributed by atoms with E-state index in [1.165, 1.54) is 24.1 Å². The summed E-state index contributed by atoms with van der Waals surface area (Å²) in [6.07, 6.45) is -2.53. The van der Waals surface area contributed by atoms with Crippen molar-refractivity contribution in [3.8, 4) is 5.75 Å². The van der Waals surface area contributed by atoms with Crippen molar-refractivity contribution in [2.45, 2.75) is 6.36 Å². The quantitative estimate of drug-likeness (QED) is 0.615. The highest BCUT2D eigenvalue weighted by atomic mass is 35.5. The van der Waals surface area contributed by atoms with Crippen molar-refractivity contribution >= 4 is 35.1 Å². The molecule has 0 saturated carbocycles. The maximum atomic E-state index is 12.8. The van der Waals surface area contributed by atoms with Crippen molar-refractivity contribution < 1.29 is 27.5 Å². The van der Waals surface area contributed by atoms with Crippen LogP contribution in [-0.4, -0.2) is 48.2 Å². The molecule has 0 fully saturated rings. The first kappa shape index (κ1) is 21.0. The number of carbonyl (C=O) groups is 2. The first-order chi connectivity index (χ1) is 14.0. The molecule has 0 aliphatic heterocycles. The van der Waals surface area contributed by atoms with E-state index < -0.39 is 34.6 Å². The number of benzene rings is 1. The summed E-state index contributed by atoms with van der Waals surface area (Å²) in [6.45, 7) is 0. The largest absolute Gasteiger partial charge is 0.573 e. The summed E-state index contributed by atoms with van der Waals surface area (Å²) in [5.74, 6) is -2.48. The summed E-state index contributed by atoms with van der Waals surface area (Å²) in [7, 11) is 3.01. The number of amides is 2. The van der Waals surface area contributed by atoms with E-state index in [9.17, 15) is 22.8 Å². The molecular weight excluding hydrogens is 433 g/mol. The lowest BCUT2D eigenvalue weighted by atomic mass is 10.1. The van der Waals surface area contributed by atoms with Gasteiger partial charge in [0.05, 0.1) is 22.3 Å². The van der Waals surface area contributed by atoms with Gasteiger partial charge in [-0.15, -0.1) is 13.2 Å². The number of alkyl halides is 3. The van der Waals surface area contributed by atoms with Gasteiger partial charge in [0.1, 0.15) is 5.69 Å². The average Bonchev–Trinajstić information content (AvgIpc) is 3.25. The van der Waals surface area contributed by atoms with Gasteiger partial charge in [-0.3, -0.25) is 19.6 Å². The predicted molar refractivity (Wildman–Crippen MR) is 96.0 cm³/mol. The Morgan fingerprint density at radius 2 is 1.90 bits per heavy atom.